The molecule has 118 valence electrons. The summed E-state index contributed by atoms with van der Waals surface area (Å²) in [5, 5.41) is 7.22. The molecule has 24 heavy (non-hydrogen) atoms. The Kier molecular flexibility index (Phi) is 3.31. The third kappa shape index (κ3) is 2.41. The number of amides is 1. The summed E-state index contributed by atoms with van der Waals surface area (Å²) in [4.78, 5) is 24.2. The molecule has 0 aliphatic rings. The number of aryl methyl sites for hydroxylation is 1. The number of benzene rings is 1. The van der Waals surface area contributed by atoms with Gasteiger partial charge in [0.05, 0.1) is 5.69 Å². The molecule has 1 amide bonds. The molecular formula is C17H14N6O. The van der Waals surface area contributed by atoms with Crippen molar-refractivity contribution in [1.29, 1.82) is 0 Å². The van der Waals surface area contributed by atoms with E-state index in [9.17, 15) is 4.79 Å². The van der Waals surface area contributed by atoms with Gasteiger partial charge < -0.3 is 10.3 Å². The van der Waals surface area contributed by atoms with Gasteiger partial charge in [-0.1, -0.05) is 12.1 Å². The summed E-state index contributed by atoms with van der Waals surface area (Å²) in [6, 6.07) is 9.27. The van der Waals surface area contributed by atoms with Gasteiger partial charge in [-0.05, 0) is 25.1 Å². The maximum atomic E-state index is 12.7. The molecule has 0 bridgehead atoms. The first-order valence-electron chi connectivity index (χ1n) is 7.43. The molecule has 3 heterocycles. The molecule has 0 unspecified atom stereocenters. The van der Waals surface area contributed by atoms with Crippen molar-refractivity contribution in [1.82, 2.24) is 24.6 Å². The van der Waals surface area contributed by atoms with Gasteiger partial charge in [-0.3, -0.25) is 4.79 Å². The fourth-order valence-electron chi connectivity index (χ4n) is 2.62. The minimum absolute atomic E-state index is 0.238. The number of H-pyrrole nitrogens is 1. The van der Waals surface area contributed by atoms with Crippen molar-refractivity contribution >= 4 is 17.2 Å². The number of carbonyl (C=O) groups is 1. The van der Waals surface area contributed by atoms with E-state index >= 15 is 0 Å². The van der Waals surface area contributed by atoms with Gasteiger partial charge in [-0.15, -0.1) is 0 Å². The summed E-state index contributed by atoms with van der Waals surface area (Å²) >= 11 is 0. The van der Waals surface area contributed by atoms with E-state index in [1.165, 1.54) is 0 Å². The lowest BCUT2D eigenvalue weighted by molar-refractivity contribution is 0.102. The second-order valence-corrected chi connectivity index (χ2v) is 5.32. The van der Waals surface area contributed by atoms with Crippen molar-refractivity contribution in [2.45, 2.75) is 6.92 Å². The Morgan fingerprint density at radius 3 is 2.96 bits per heavy atom. The Labute approximate surface area is 137 Å². The molecule has 2 N–H and O–H groups in total. The SMILES string of the molecule is Cc1nn2cccnc2c1C(=O)Nc1cccc(-c2ncc[nH]2)c1. The highest BCUT2D eigenvalue weighted by atomic mass is 16.1. The number of imidazole rings is 1. The van der Waals surface area contributed by atoms with Crippen molar-refractivity contribution in [2.24, 2.45) is 0 Å². The number of anilines is 1. The molecule has 0 radical (unpaired) electrons. The number of fused-ring (bicyclic) bond motifs is 1. The number of nitrogens with zero attached hydrogens (tertiary/aromatic N) is 4. The molecule has 3 aromatic heterocycles. The summed E-state index contributed by atoms with van der Waals surface area (Å²) in [6.45, 7) is 1.79. The quantitative estimate of drug-likeness (QED) is 0.608. The maximum absolute atomic E-state index is 12.7. The lowest BCUT2D eigenvalue weighted by Gasteiger charge is -2.06. The zero-order valence-corrected chi connectivity index (χ0v) is 12.9. The molecule has 0 aliphatic carbocycles. The molecule has 0 atom stereocenters. The average Bonchev–Trinajstić information content (AvgIpc) is 3.21. The molecule has 0 fully saturated rings. The van der Waals surface area contributed by atoms with Crippen molar-refractivity contribution in [3.05, 3.63) is 66.4 Å². The standard InChI is InChI=1S/C17H14N6O/c1-11-14(16-20-6-3-9-23(16)22-11)17(24)21-13-5-2-4-12(10-13)15-18-7-8-19-15/h2-10H,1H3,(H,18,19)(H,21,24). The summed E-state index contributed by atoms with van der Waals surface area (Å²) in [5.41, 5.74) is 3.22. The van der Waals surface area contributed by atoms with Crippen LogP contribution in [0.5, 0.6) is 0 Å². The second-order valence-electron chi connectivity index (χ2n) is 5.32. The van der Waals surface area contributed by atoms with Gasteiger partial charge in [0.15, 0.2) is 5.65 Å². The first-order chi connectivity index (χ1) is 11.7. The Hall–Kier alpha value is -3.48. The summed E-state index contributed by atoms with van der Waals surface area (Å²) in [5.74, 6) is 0.512. The molecule has 4 rings (SSSR count). The third-order valence-electron chi connectivity index (χ3n) is 3.69. The smallest absolute Gasteiger partial charge is 0.261 e. The van der Waals surface area contributed by atoms with Crippen LogP contribution in [0.3, 0.4) is 0 Å². The van der Waals surface area contributed by atoms with Gasteiger partial charge in [0.1, 0.15) is 11.4 Å². The zero-order valence-electron chi connectivity index (χ0n) is 12.9. The van der Waals surface area contributed by atoms with Gasteiger partial charge >= 0.3 is 0 Å². The van der Waals surface area contributed by atoms with E-state index in [0.29, 0.717) is 22.6 Å². The maximum Gasteiger partial charge on any atom is 0.261 e. The lowest BCUT2D eigenvalue weighted by Crippen LogP contribution is -2.13. The van der Waals surface area contributed by atoms with Gasteiger partial charge in [-0.25, -0.2) is 14.5 Å². The van der Waals surface area contributed by atoms with Gasteiger partial charge in [-0.2, -0.15) is 5.10 Å². The average molecular weight is 318 g/mol. The first-order valence-corrected chi connectivity index (χ1v) is 7.43. The van der Waals surface area contributed by atoms with Crippen LogP contribution >= 0.6 is 0 Å². The van der Waals surface area contributed by atoms with Gasteiger partial charge in [0.25, 0.3) is 5.91 Å². The minimum atomic E-state index is -0.238. The van der Waals surface area contributed by atoms with Crippen LogP contribution in [0.1, 0.15) is 16.1 Å². The second kappa shape index (κ2) is 5.62. The zero-order chi connectivity index (χ0) is 16.5. The highest BCUT2D eigenvalue weighted by molar-refractivity contribution is 6.09. The number of hydrogen-bond donors (Lipinski definition) is 2. The van der Waals surface area contributed by atoms with Crippen LogP contribution in [0.2, 0.25) is 0 Å². The molecule has 1 aromatic carbocycles. The Balaban J connectivity index is 1.67. The molecule has 7 heteroatoms. The largest absolute Gasteiger partial charge is 0.345 e. The molecule has 4 aromatic rings. The summed E-state index contributed by atoms with van der Waals surface area (Å²) in [6.07, 6.45) is 6.86. The van der Waals surface area contributed by atoms with E-state index in [1.54, 1.807) is 42.3 Å². The van der Waals surface area contributed by atoms with Crippen LogP contribution < -0.4 is 5.32 Å². The fourth-order valence-corrected chi connectivity index (χ4v) is 2.62. The van der Waals surface area contributed by atoms with Crippen molar-refractivity contribution in [2.75, 3.05) is 5.32 Å². The Morgan fingerprint density at radius 2 is 2.12 bits per heavy atom. The van der Waals surface area contributed by atoms with Crippen molar-refractivity contribution < 1.29 is 4.79 Å². The van der Waals surface area contributed by atoms with Gasteiger partial charge in [0, 0.05) is 36.0 Å². The number of aromatic amines is 1. The molecule has 0 saturated heterocycles. The number of aromatic nitrogens is 5. The first kappa shape index (κ1) is 14.1. The monoisotopic (exact) mass is 318 g/mol. The van der Waals surface area contributed by atoms with Crippen LogP contribution in [0.25, 0.3) is 17.0 Å². The third-order valence-corrected chi connectivity index (χ3v) is 3.69. The summed E-state index contributed by atoms with van der Waals surface area (Å²) < 4.78 is 1.60. The van der Waals surface area contributed by atoms with E-state index in [1.807, 2.05) is 24.3 Å². The number of hydrogen-bond acceptors (Lipinski definition) is 4. The topological polar surface area (TPSA) is 88.0 Å². The van der Waals surface area contributed by atoms with Gasteiger partial charge in [0.2, 0.25) is 0 Å². The normalized spacial score (nSPS) is 10.9. The highest BCUT2D eigenvalue weighted by Crippen LogP contribution is 2.21. The van der Waals surface area contributed by atoms with Crippen LogP contribution in [-0.2, 0) is 0 Å². The minimum Gasteiger partial charge on any atom is -0.345 e. The lowest BCUT2D eigenvalue weighted by atomic mass is 10.1. The predicted octanol–water partition coefficient (Wildman–Crippen LogP) is 2.68. The Morgan fingerprint density at radius 1 is 1.21 bits per heavy atom. The molecule has 0 spiro atoms. The van der Waals surface area contributed by atoms with Crippen LogP contribution in [-0.4, -0.2) is 30.5 Å². The number of nitrogens with one attached hydrogen (secondary N) is 2. The fraction of sp³-hybridized carbons (Fsp3) is 0.0588. The van der Waals surface area contributed by atoms with E-state index in [0.717, 1.165) is 11.4 Å². The van der Waals surface area contributed by atoms with Crippen LogP contribution in [0.15, 0.2) is 55.1 Å². The van der Waals surface area contributed by atoms with Crippen LogP contribution in [0, 0.1) is 6.92 Å². The van der Waals surface area contributed by atoms with E-state index in [4.69, 9.17) is 0 Å². The van der Waals surface area contributed by atoms with Crippen LogP contribution in [0.4, 0.5) is 5.69 Å². The summed E-state index contributed by atoms with van der Waals surface area (Å²) in [7, 11) is 0. The number of carbonyl (C=O) groups excluding carboxylic acids is 1. The highest BCUT2D eigenvalue weighted by Gasteiger charge is 2.18. The van der Waals surface area contributed by atoms with E-state index in [-0.39, 0.29) is 5.91 Å². The van der Waals surface area contributed by atoms with E-state index < -0.39 is 0 Å². The number of rotatable bonds is 3. The molecule has 0 saturated carbocycles. The molecule has 0 aliphatic heterocycles. The predicted molar refractivity (Wildman–Crippen MR) is 89.7 cm³/mol. The Bertz CT molecular complexity index is 1020. The molecule has 7 nitrogen and oxygen atoms in total. The van der Waals surface area contributed by atoms with E-state index in [2.05, 4.69) is 25.4 Å². The van der Waals surface area contributed by atoms with Crippen molar-refractivity contribution in [3.8, 4) is 11.4 Å². The van der Waals surface area contributed by atoms with Crippen molar-refractivity contribution in [3.63, 3.8) is 0 Å². The molecular weight excluding hydrogens is 304 g/mol.